The number of hydrogen-bond acceptors (Lipinski definition) is 4. The molecule has 0 spiro atoms. The molecule has 1 N–H and O–H groups in total. The monoisotopic (exact) mass is 294 g/mol. The first kappa shape index (κ1) is 14.1. The molecule has 0 fully saturated rings. The number of Topliss-reactive ketones (excluding diaryl/α,β-unsaturated/α-hetero) is 1. The van der Waals surface area contributed by atoms with Gasteiger partial charge in [-0.3, -0.25) is 9.52 Å². The molecular weight excluding hydrogens is 283 g/mol. The predicted molar refractivity (Wildman–Crippen MR) is 71.5 cm³/mol. The molecule has 2 rings (SSSR count). The highest BCUT2D eigenvalue weighted by Gasteiger charge is 2.15. The van der Waals surface area contributed by atoms with Crippen LogP contribution in [0.1, 0.15) is 17.3 Å². The Kier molecular flexibility index (Phi) is 3.80. The van der Waals surface area contributed by atoms with Crippen LogP contribution in [-0.2, 0) is 10.0 Å². The molecule has 0 amide bonds. The molecule has 0 radical (unpaired) electrons. The van der Waals surface area contributed by atoms with Crippen molar-refractivity contribution in [3.05, 3.63) is 54.0 Å². The quantitative estimate of drug-likeness (QED) is 0.693. The molecule has 1 aromatic carbocycles. The molecule has 0 saturated heterocycles. The normalized spacial score (nSPS) is 11.1. The lowest BCUT2D eigenvalue weighted by Gasteiger charge is -2.07. The molecular formula is C13H11FN2O3S. The summed E-state index contributed by atoms with van der Waals surface area (Å²) in [4.78, 5) is 14.5. The van der Waals surface area contributed by atoms with Crippen molar-refractivity contribution < 1.29 is 17.6 Å². The van der Waals surface area contributed by atoms with Gasteiger partial charge in [-0.05, 0) is 31.2 Å². The third kappa shape index (κ3) is 3.18. The largest absolute Gasteiger partial charge is 0.295 e. The summed E-state index contributed by atoms with van der Waals surface area (Å²) in [7, 11) is -3.86. The molecule has 2 aromatic rings. The lowest BCUT2D eigenvalue weighted by molar-refractivity contribution is 0.101. The van der Waals surface area contributed by atoms with E-state index in [1.54, 1.807) is 0 Å². The van der Waals surface area contributed by atoms with Crippen LogP contribution in [0.4, 0.5) is 10.2 Å². The lowest BCUT2D eigenvalue weighted by Crippen LogP contribution is -2.14. The third-order valence-corrected chi connectivity index (χ3v) is 3.90. The Morgan fingerprint density at radius 1 is 1.15 bits per heavy atom. The number of nitrogens with one attached hydrogen (secondary N) is 1. The standard InChI is InChI=1S/C13H11FN2O3S/c1-9(17)10-5-7-11(8-6-10)20(18,19)16-13-4-2-3-12(14)15-13/h2-8H,1H3,(H,15,16). The van der Waals surface area contributed by atoms with Crippen LogP contribution in [0.3, 0.4) is 0 Å². The summed E-state index contributed by atoms with van der Waals surface area (Å²) in [5.41, 5.74) is 0.410. The molecule has 0 aliphatic carbocycles. The van der Waals surface area contributed by atoms with Gasteiger partial charge in [0.15, 0.2) is 5.78 Å². The van der Waals surface area contributed by atoms with E-state index in [1.165, 1.54) is 43.3 Å². The van der Waals surface area contributed by atoms with Crippen molar-refractivity contribution in [2.24, 2.45) is 0 Å². The molecule has 0 unspecified atom stereocenters. The molecule has 0 bridgehead atoms. The second-order valence-electron chi connectivity index (χ2n) is 4.03. The van der Waals surface area contributed by atoms with E-state index >= 15 is 0 Å². The Morgan fingerprint density at radius 2 is 1.80 bits per heavy atom. The molecule has 0 aliphatic rings. The van der Waals surface area contributed by atoms with Gasteiger partial charge in [0.2, 0.25) is 5.95 Å². The van der Waals surface area contributed by atoms with Crippen molar-refractivity contribution in [1.82, 2.24) is 4.98 Å². The Hall–Kier alpha value is -2.28. The summed E-state index contributed by atoms with van der Waals surface area (Å²) in [5.74, 6) is -1.05. The fourth-order valence-electron chi connectivity index (χ4n) is 1.53. The number of carbonyl (C=O) groups excluding carboxylic acids is 1. The maximum absolute atomic E-state index is 12.9. The average molecular weight is 294 g/mol. The van der Waals surface area contributed by atoms with Crippen molar-refractivity contribution >= 4 is 21.6 Å². The lowest BCUT2D eigenvalue weighted by atomic mass is 10.2. The van der Waals surface area contributed by atoms with Crippen LogP contribution >= 0.6 is 0 Å². The van der Waals surface area contributed by atoms with Gasteiger partial charge in [0.1, 0.15) is 5.82 Å². The third-order valence-electron chi connectivity index (χ3n) is 2.53. The molecule has 1 heterocycles. The van der Waals surface area contributed by atoms with Gasteiger partial charge in [0.05, 0.1) is 4.90 Å². The number of nitrogens with zero attached hydrogens (tertiary/aromatic N) is 1. The number of sulfonamides is 1. The van der Waals surface area contributed by atoms with Gasteiger partial charge in [-0.25, -0.2) is 13.4 Å². The van der Waals surface area contributed by atoms with Gasteiger partial charge in [-0.2, -0.15) is 4.39 Å². The molecule has 104 valence electrons. The van der Waals surface area contributed by atoms with Crippen molar-refractivity contribution in [2.45, 2.75) is 11.8 Å². The van der Waals surface area contributed by atoms with E-state index in [2.05, 4.69) is 9.71 Å². The summed E-state index contributed by atoms with van der Waals surface area (Å²) < 4.78 is 39.1. The van der Waals surface area contributed by atoms with E-state index in [1.807, 2.05) is 0 Å². The second kappa shape index (κ2) is 5.38. The predicted octanol–water partition coefficient (Wildman–Crippen LogP) is 2.22. The van der Waals surface area contributed by atoms with Crippen LogP contribution in [0.2, 0.25) is 0 Å². The van der Waals surface area contributed by atoms with Gasteiger partial charge in [-0.15, -0.1) is 0 Å². The first-order valence-electron chi connectivity index (χ1n) is 5.65. The second-order valence-corrected chi connectivity index (χ2v) is 5.71. The minimum atomic E-state index is -3.86. The van der Waals surface area contributed by atoms with E-state index in [0.29, 0.717) is 5.56 Å². The summed E-state index contributed by atoms with van der Waals surface area (Å²) in [6, 6.07) is 9.23. The maximum Gasteiger partial charge on any atom is 0.263 e. The maximum atomic E-state index is 12.9. The highest BCUT2D eigenvalue weighted by Crippen LogP contribution is 2.15. The van der Waals surface area contributed by atoms with Crippen LogP contribution in [0.15, 0.2) is 47.4 Å². The number of anilines is 1. The fourth-order valence-corrected chi connectivity index (χ4v) is 2.53. The van der Waals surface area contributed by atoms with Crippen LogP contribution in [-0.4, -0.2) is 19.2 Å². The van der Waals surface area contributed by atoms with Gasteiger partial charge in [0.25, 0.3) is 10.0 Å². The number of benzene rings is 1. The molecule has 0 saturated carbocycles. The van der Waals surface area contributed by atoms with E-state index in [4.69, 9.17) is 0 Å². The summed E-state index contributed by atoms with van der Waals surface area (Å²) in [6.45, 7) is 1.39. The zero-order chi connectivity index (χ0) is 14.8. The van der Waals surface area contributed by atoms with Crippen molar-refractivity contribution in [3.8, 4) is 0 Å². The number of pyridine rings is 1. The van der Waals surface area contributed by atoms with Gasteiger partial charge >= 0.3 is 0 Å². The van der Waals surface area contributed by atoms with E-state index in [-0.39, 0.29) is 16.5 Å². The van der Waals surface area contributed by atoms with Gasteiger partial charge in [-0.1, -0.05) is 18.2 Å². The summed E-state index contributed by atoms with van der Waals surface area (Å²) >= 11 is 0. The number of ketones is 1. The molecule has 5 nitrogen and oxygen atoms in total. The number of rotatable bonds is 4. The van der Waals surface area contributed by atoms with Crippen molar-refractivity contribution in [1.29, 1.82) is 0 Å². The zero-order valence-corrected chi connectivity index (χ0v) is 11.3. The molecule has 0 atom stereocenters. The molecule has 20 heavy (non-hydrogen) atoms. The van der Waals surface area contributed by atoms with E-state index in [9.17, 15) is 17.6 Å². The zero-order valence-electron chi connectivity index (χ0n) is 10.5. The van der Waals surface area contributed by atoms with E-state index < -0.39 is 16.0 Å². The van der Waals surface area contributed by atoms with E-state index in [0.717, 1.165) is 6.07 Å². The Morgan fingerprint density at radius 3 is 2.35 bits per heavy atom. The first-order chi connectivity index (χ1) is 9.38. The smallest absolute Gasteiger partial charge is 0.263 e. The number of halogens is 1. The Bertz CT molecular complexity index is 742. The van der Waals surface area contributed by atoms with Crippen LogP contribution in [0.5, 0.6) is 0 Å². The Labute approximate surface area is 115 Å². The summed E-state index contributed by atoms with van der Waals surface area (Å²) in [5, 5.41) is 0. The van der Waals surface area contributed by atoms with Gasteiger partial charge in [0, 0.05) is 5.56 Å². The highest BCUT2D eigenvalue weighted by molar-refractivity contribution is 7.92. The number of hydrogen-bond donors (Lipinski definition) is 1. The minimum Gasteiger partial charge on any atom is -0.295 e. The molecule has 7 heteroatoms. The number of aromatic nitrogens is 1. The number of carbonyl (C=O) groups is 1. The summed E-state index contributed by atoms with van der Waals surface area (Å²) in [6.07, 6.45) is 0. The van der Waals surface area contributed by atoms with Crippen molar-refractivity contribution in [3.63, 3.8) is 0 Å². The Balaban J connectivity index is 2.28. The average Bonchev–Trinajstić information content (AvgIpc) is 2.38. The van der Waals surface area contributed by atoms with Crippen LogP contribution < -0.4 is 4.72 Å². The van der Waals surface area contributed by atoms with Crippen LogP contribution in [0, 0.1) is 5.95 Å². The fraction of sp³-hybridized carbons (Fsp3) is 0.0769. The SMILES string of the molecule is CC(=O)c1ccc(S(=O)(=O)Nc2cccc(F)n2)cc1. The topological polar surface area (TPSA) is 76.1 Å². The minimum absolute atomic E-state index is 0.0337. The highest BCUT2D eigenvalue weighted by atomic mass is 32.2. The van der Waals surface area contributed by atoms with Crippen molar-refractivity contribution in [2.75, 3.05) is 4.72 Å². The molecule has 0 aliphatic heterocycles. The van der Waals surface area contributed by atoms with Gasteiger partial charge < -0.3 is 0 Å². The van der Waals surface area contributed by atoms with Crippen LogP contribution in [0.25, 0.3) is 0 Å². The molecule has 1 aromatic heterocycles. The first-order valence-corrected chi connectivity index (χ1v) is 7.13.